The number of hydrogen-bond donors (Lipinski definition) is 2. The molecular formula is C31H39N7O2. The highest BCUT2D eigenvalue weighted by molar-refractivity contribution is 5.99. The molecule has 210 valence electrons. The van der Waals surface area contributed by atoms with Gasteiger partial charge in [-0.2, -0.15) is 5.21 Å². The van der Waals surface area contributed by atoms with Crippen LogP contribution in [-0.2, 0) is 4.79 Å². The minimum atomic E-state index is 0.0326. The third-order valence-corrected chi connectivity index (χ3v) is 9.30. The van der Waals surface area contributed by atoms with Crippen molar-refractivity contribution in [2.24, 2.45) is 17.8 Å². The summed E-state index contributed by atoms with van der Waals surface area (Å²) in [6, 6.07) is 14.3. The monoisotopic (exact) mass is 541 g/mol. The van der Waals surface area contributed by atoms with Crippen molar-refractivity contribution >= 4 is 11.8 Å². The molecule has 1 saturated carbocycles. The number of likely N-dealkylation sites (tertiary alicyclic amines) is 2. The average molecular weight is 542 g/mol. The number of nitrogens with one attached hydrogen (secondary N) is 2. The number of carbonyl (C=O) groups excluding carboxylic acids is 2. The zero-order chi connectivity index (χ0) is 27.6. The minimum Gasteiger partial charge on any atom is -0.349 e. The van der Waals surface area contributed by atoms with Gasteiger partial charge in [0.15, 0.2) is 0 Å². The quantitative estimate of drug-likeness (QED) is 0.448. The molecule has 3 fully saturated rings. The van der Waals surface area contributed by atoms with E-state index in [1.54, 1.807) is 0 Å². The predicted octanol–water partition coefficient (Wildman–Crippen LogP) is 3.93. The van der Waals surface area contributed by atoms with Crippen molar-refractivity contribution in [3.05, 3.63) is 64.7 Å². The molecule has 0 radical (unpaired) electrons. The average Bonchev–Trinajstić information content (AvgIpc) is 3.76. The maximum atomic E-state index is 13.7. The van der Waals surface area contributed by atoms with Gasteiger partial charge in [-0.1, -0.05) is 55.3 Å². The number of hydrogen-bond acceptors (Lipinski definition) is 6. The van der Waals surface area contributed by atoms with Gasteiger partial charge < -0.3 is 15.1 Å². The van der Waals surface area contributed by atoms with Crippen LogP contribution in [0.15, 0.2) is 42.5 Å². The fourth-order valence-electron chi connectivity index (χ4n) is 7.09. The zero-order valence-corrected chi connectivity index (χ0v) is 23.5. The van der Waals surface area contributed by atoms with Gasteiger partial charge in [0.05, 0.1) is 6.04 Å². The van der Waals surface area contributed by atoms with Crippen LogP contribution in [0.4, 0.5) is 0 Å². The number of aromatic nitrogens is 4. The van der Waals surface area contributed by atoms with Crippen LogP contribution in [0.25, 0.3) is 11.4 Å². The van der Waals surface area contributed by atoms with Crippen molar-refractivity contribution in [1.29, 1.82) is 0 Å². The zero-order valence-electron chi connectivity index (χ0n) is 23.5. The lowest BCUT2D eigenvalue weighted by Crippen LogP contribution is -2.37. The lowest BCUT2D eigenvalue weighted by Gasteiger charge is -2.26. The van der Waals surface area contributed by atoms with E-state index in [1.165, 1.54) is 5.56 Å². The van der Waals surface area contributed by atoms with Crippen LogP contribution >= 0.6 is 0 Å². The molecule has 3 atom stereocenters. The summed E-state index contributed by atoms with van der Waals surface area (Å²) in [7, 11) is 0. The van der Waals surface area contributed by atoms with Crippen LogP contribution in [0, 0.1) is 31.6 Å². The molecule has 9 heteroatoms. The number of H-pyrrole nitrogens is 1. The van der Waals surface area contributed by atoms with Gasteiger partial charge in [-0.25, -0.2) is 0 Å². The van der Waals surface area contributed by atoms with Gasteiger partial charge >= 0.3 is 0 Å². The topological polar surface area (TPSA) is 107 Å². The number of aryl methyl sites for hydroxylation is 1. The Morgan fingerprint density at radius 3 is 2.40 bits per heavy atom. The van der Waals surface area contributed by atoms with E-state index in [2.05, 4.69) is 55.1 Å². The Labute approximate surface area is 235 Å². The molecule has 3 aliphatic rings. The maximum Gasteiger partial charge on any atom is 0.254 e. The summed E-state index contributed by atoms with van der Waals surface area (Å²) in [6.45, 7) is 8.46. The van der Waals surface area contributed by atoms with Gasteiger partial charge in [0.1, 0.15) is 0 Å². The number of tetrazole rings is 1. The van der Waals surface area contributed by atoms with Crippen LogP contribution in [0.1, 0.15) is 65.2 Å². The smallest absolute Gasteiger partial charge is 0.254 e. The van der Waals surface area contributed by atoms with Crippen LogP contribution in [-0.4, -0.2) is 75.0 Å². The first-order valence-corrected chi connectivity index (χ1v) is 14.7. The Morgan fingerprint density at radius 1 is 1.00 bits per heavy atom. The third-order valence-electron chi connectivity index (χ3n) is 9.30. The minimum absolute atomic E-state index is 0.0326. The fourth-order valence-corrected chi connectivity index (χ4v) is 7.09. The predicted molar refractivity (Wildman–Crippen MR) is 152 cm³/mol. The van der Waals surface area contributed by atoms with E-state index < -0.39 is 0 Å². The van der Waals surface area contributed by atoms with Gasteiger partial charge in [0.2, 0.25) is 11.7 Å². The van der Waals surface area contributed by atoms with Crippen molar-refractivity contribution in [2.75, 3.05) is 32.7 Å². The third kappa shape index (κ3) is 5.39. The second kappa shape index (κ2) is 11.5. The fraction of sp³-hybridized carbons (Fsp3) is 0.516. The number of amides is 2. The van der Waals surface area contributed by atoms with Gasteiger partial charge in [0, 0.05) is 49.8 Å². The number of aromatic amines is 1. The van der Waals surface area contributed by atoms with Crippen molar-refractivity contribution in [2.45, 2.75) is 52.0 Å². The Morgan fingerprint density at radius 2 is 1.73 bits per heavy atom. The Balaban J connectivity index is 1.07. The molecule has 2 amide bonds. The molecule has 3 heterocycles. The molecule has 6 rings (SSSR count). The standard InChI is InChI=1S/C31H39N7O2/c1-20-12-13-26(29-33-35-36-34-29)21(2)28(20)31(40)38-18-24-16-37(17-25(24)19-38)15-14-27(22-8-4-3-5-9-22)32-30(39)23-10-6-7-11-23/h3-5,8-9,12-13,23-25,27H,6-7,10-11,14-19H2,1-2H3,(H,32,39)(H,33,34,35,36)/t24-,25?,27?/m0/s1. The summed E-state index contributed by atoms with van der Waals surface area (Å²) in [4.78, 5) is 31.2. The summed E-state index contributed by atoms with van der Waals surface area (Å²) >= 11 is 0. The second-order valence-corrected chi connectivity index (χ2v) is 11.9. The Kier molecular flexibility index (Phi) is 7.65. The summed E-state index contributed by atoms with van der Waals surface area (Å²) in [5.41, 5.74) is 4.64. The number of nitrogens with zero attached hydrogens (tertiary/aromatic N) is 5. The van der Waals surface area contributed by atoms with Crippen molar-refractivity contribution in [3.63, 3.8) is 0 Å². The first-order valence-electron chi connectivity index (χ1n) is 14.7. The van der Waals surface area contributed by atoms with Gasteiger partial charge in [0.25, 0.3) is 5.91 Å². The molecular weight excluding hydrogens is 502 g/mol. The summed E-state index contributed by atoms with van der Waals surface area (Å²) < 4.78 is 0. The SMILES string of the molecule is Cc1ccc(-c2nn[nH]n2)c(C)c1C(=O)N1CC2CN(CCC(NC(=O)C3CCCC3)c3ccccc3)C[C@H]2C1. The molecule has 2 aromatic carbocycles. The highest BCUT2D eigenvalue weighted by Crippen LogP contribution is 2.34. The van der Waals surface area contributed by atoms with Gasteiger partial charge in [-0.3, -0.25) is 9.59 Å². The molecule has 0 spiro atoms. The molecule has 2 saturated heterocycles. The molecule has 2 aliphatic heterocycles. The van der Waals surface area contributed by atoms with E-state index in [1.807, 2.05) is 36.9 Å². The lowest BCUT2D eigenvalue weighted by molar-refractivity contribution is -0.125. The Hall–Kier alpha value is -3.59. The van der Waals surface area contributed by atoms with E-state index in [9.17, 15) is 9.59 Å². The first kappa shape index (κ1) is 26.6. The largest absolute Gasteiger partial charge is 0.349 e. The highest BCUT2D eigenvalue weighted by atomic mass is 16.2. The number of benzene rings is 2. The number of rotatable bonds is 8. The van der Waals surface area contributed by atoms with E-state index >= 15 is 0 Å². The molecule has 2 unspecified atom stereocenters. The van der Waals surface area contributed by atoms with Gasteiger partial charge in [-0.15, -0.1) is 10.2 Å². The van der Waals surface area contributed by atoms with E-state index in [0.29, 0.717) is 17.7 Å². The van der Waals surface area contributed by atoms with Crippen LogP contribution < -0.4 is 5.32 Å². The van der Waals surface area contributed by atoms with Crippen LogP contribution in [0.2, 0.25) is 0 Å². The summed E-state index contributed by atoms with van der Waals surface area (Å²) in [6.07, 6.45) is 5.24. The van der Waals surface area contributed by atoms with E-state index in [0.717, 1.165) is 87.1 Å². The van der Waals surface area contributed by atoms with Crippen molar-refractivity contribution in [1.82, 2.24) is 35.7 Å². The molecule has 1 aromatic heterocycles. The molecule has 40 heavy (non-hydrogen) atoms. The van der Waals surface area contributed by atoms with Crippen molar-refractivity contribution < 1.29 is 9.59 Å². The number of carbonyl (C=O) groups is 2. The molecule has 0 bridgehead atoms. The second-order valence-electron chi connectivity index (χ2n) is 11.9. The molecule has 1 aliphatic carbocycles. The van der Waals surface area contributed by atoms with Crippen LogP contribution in [0.3, 0.4) is 0 Å². The molecule has 9 nitrogen and oxygen atoms in total. The van der Waals surface area contributed by atoms with E-state index in [4.69, 9.17) is 0 Å². The first-order chi connectivity index (χ1) is 19.5. The lowest BCUT2D eigenvalue weighted by atomic mass is 9.96. The van der Waals surface area contributed by atoms with Gasteiger partial charge in [-0.05, 0) is 66.8 Å². The maximum absolute atomic E-state index is 13.7. The number of fused-ring (bicyclic) bond motifs is 1. The highest BCUT2D eigenvalue weighted by Gasteiger charge is 2.42. The normalized spacial score (nSPS) is 22.0. The van der Waals surface area contributed by atoms with E-state index in [-0.39, 0.29) is 23.8 Å². The Bertz CT molecular complexity index is 1320. The van der Waals surface area contributed by atoms with Crippen LogP contribution in [0.5, 0.6) is 0 Å². The summed E-state index contributed by atoms with van der Waals surface area (Å²) in [5.74, 6) is 1.95. The van der Waals surface area contributed by atoms with Crippen molar-refractivity contribution in [3.8, 4) is 11.4 Å². The molecule has 2 N–H and O–H groups in total. The summed E-state index contributed by atoms with van der Waals surface area (Å²) in [5, 5.41) is 17.8. The molecule has 3 aromatic rings.